The highest BCUT2D eigenvalue weighted by molar-refractivity contribution is 6.30. The van der Waals surface area contributed by atoms with Crippen LogP contribution in [0.3, 0.4) is 0 Å². The zero-order valence-corrected chi connectivity index (χ0v) is 15.2. The molecule has 136 valence electrons. The number of hydrogen-bond donors (Lipinski definition) is 1. The van der Waals surface area contributed by atoms with Gasteiger partial charge in [0.2, 0.25) is 0 Å². The number of benzene rings is 1. The Bertz CT molecular complexity index is 627. The highest BCUT2D eigenvalue weighted by atomic mass is 35.5. The third kappa shape index (κ3) is 7.39. The van der Waals surface area contributed by atoms with Gasteiger partial charge in [-0.1, -0.05) is 44.0 Å². The van der Waals surface area contributed by atoms with Crippen LogP contribution in [0.15, 0.2) is 30.3 Å². The van der Waals surface area contributed by atoms with Crippen molar-refractivity contribution in [2.75, 3.05) is 13.7 Å². The minimum atomic E-state index is -0.772. The number of ether oxygens (including phenoxy) is 2. The van der Waals surface area contributed by atoms with Crippen molar-refractivity contribution >= 4 is 35.5 Å². The predicted molar refractivity (Wildman–Crippen MR) is 94.8 cm³/mol. The van der Waals surface area contributed by atoms with Crippen molar-refractivity contribution in [3.8, 4) is 0 Å². The number of hydrogen-bond acceptors (Lipinski definition) is 5. The Kier molecular flexibility index (Phi) is 8.70. The fourth-order valence-electron chi connectivity index (χ4n) is 1.93. The van der Waals surface area contributed by atoms with Crippen LogP contribution >= 0.6 is 11.6 Å². The molecule has 0 bridgehead atoms. The van der Waals surface area contributed by atoms with Crippen LogP contribution in [0.2, 0.25) is 5.02 Å². The zero-order valence-electron chi connectivity index (χ0n) is 14.5. The Hall–Kier alpha value is -2.34. The van der Waals surface area contributed by atoms with Crippen LogP contribution in [-0.4, -0.2) is 37.6 Å². The summed E-state index contributed by atoms with van der Waals surface area (Å²) in [5, 5.41) is 3.12. The first-order valence-corrected chi connectivity index (χ1v) is 8.22. The third-order valence-electron chi connectivity index (χ3n) is 3.61. The molecule has 1 amide bonds. The van der Waals surface area contributed by atoms with Crippen molar-refractivity contribution < 1.29 is 23.9 Å². The molecule has 0 saturated carbocycles. The van der Waals surface area contributed by atoms with Crippen LogP contribution < -0.4 is 5.32 Å². The monoisotopic (exact) mass is 367 g/mol. The molecule has 0 aliphatic rings. The van der Waals surface area contributed by atoms with Crippen LogP contribution in [0.1, 0.15) is 25.8 Å². The quantitative estimate of drug-likeness (QED) is 0.564. The molecule has 0 saturated heterocycles. The number of carbonyl (C=O) groups excluding carboxylic acids is 3. The Morgan fingerprint density at radius 3 is 2.44 bits per heavy atom. The minimum Gasteiger partial charge on any atom is -0.467 e. The van der Waals surface area contributed by atoms with Gasteiger partial charge < -0.3 is 14.8 Å². The molecule has 7 heteroatoms. The van der Waals surface area contributed by atoms with Gasteiger partial charge in [0.15, 0.2) is 6.61 Å². The van der Waals surface area contributed by atoms with Crippen molar-refractivity contribution in [3.05, 3.63) is 40.9 Å². The molecule has 1 rings (SSSR count). The number of nitrogens with one attached hydrogen (secondary N) is 1. The van der Waals surface area contributed by atoms with E-state index in [2.05, 4.69) is 10.1 Å². The molecule has 1 aromatic carbocycles. The van der Waals surface area contributed by atoms with E-state index in [1.54, 1.807) is 30.3 Å². The molecule has 2 atom stereocenters. The molecule has 0 aliphatic heterocycles. The summed E-state index contributed by atoms with van der Waals surface area (Å²) in [5.74, 6) is -1.86. The summed E-state index contributed by atoms with van der Waals surface area (Å²) in [5.41, 5.74) is 0.772. The van der Waals surface area contributed by atoms with Gasteiger partial charge in [-0.05, 0) is 29.7 Å². The predicted octanol–water partition coefficient (Wildman–Crippen LogP) is 2.60. The molecule has 0 unspecified atom stereocenters. The average molecular weight is 368 g/mol. The highest BCUT2D eigenvalue weighted by Gasteiger charge is 2.26. The summed E-state index contributed by atoms with van der Waals surface area (Å²) in [4.78, 5) is 35.2. The Morgan fingerprint density at radius 2 is 1.88 bits per heavy atom. The van der Waals surface area contributed by atoms with Gasteiger partial charge in [0, 0.05) is 11.1 Å². The van der Waals surface area contributed by atoms with Crippen LogP contribution in [0.5, 0.6) is 0 Å². The molecule has 0 spiro atoms. The molecule has 0 heterocycles. The summed E-state index contributed by atoms with van der Waals surface area (Å²) in [6.07, 6.45) is 3.44. The first-order valence-electron chi connectivity index (χ1n) is 7.85. The van der Waals surface area contributed by atoms with Crippen molar-refractivity contribution in [1.82, 2.24) is 5.32 Å². The smallest absolute Gasteiger partial charge is 0.331 e. The first-order chi connectivity index (χ1) is 11.9. The average Bonchev–Trinajstić information content (AvgIpc) is 2.62. The lowest BCUT2D eigenvalue weighted by molar-refractivity contribution is -0.148. The Morgan fingerprint density at radius 1 is 1.24 bits per heavy atom. The van der Waals surface area contributed by atoms with E-state index < -0.39 is 30.5 Å². The fraction of sp³-hybridized carbons (Fsp3) is 0.389. The molecule has 6 nitrogen and oxygen atoms in total. The van der Waals surface area contributed by atoms with E-state index in [-0.39, 0.29) is 5.92 Å². The van der Waals surface area contributed by atoms with E-state index in [4.69, 9.17) is 16.3 Å². The molecule has 0 aliphatic carbocycles. The van der Waals surface area contributed by atoms with Gasteiger partial charge in [-0.3, -0.25) is 4.79 Å². The number of halogens is 1. The summed E-state index contributed by atoms with van der Waals surface area (Å²) in [7, 11) is 1.26. The molecular formula is C18H22ClNO5. The van der Waals surface area contributed by atoms with Gasteiger partial charge in [-0.2, -0.15) is 0 Å². The highest BCUT2D eigenvalue weighted by Crippen LogP contribution is 2.11. The Labute approximate surface area is 152 Å². The Balaban J connectivity index is 2.50. The SMILES string of the molecule is CC[C@@H](C)[C@H](NC(=O)COC(=O)/C=C/c1ccc(Cl)cc1)C(=O)OC. The van der Waals surface area contributed by atoms with Gasteiger partial charge in [-0.15, -0.1) is 0 Å². The van der Waals surface area contributed by atoms with E-state index in [0.717, 1.165) is 5.56 Å². The molecular weight excluding hydrogens is 346 g/mol. The lowest BCUT2D eigenvalue weighted by Gasteiger charge is -2.21. The lowest BCUT2D eigenvalue weighted by Crippen LogP contribution is -2.47. The van der Waals surface area contributed by atoms with E-state index in [0.29, 0.717) is 11.4 Å². The molecule has 0 fully saturated rings. The first kappa shape index (κ1) is 20.7. The van der Waals surface area contributed by atoms with Gasteiger partial charge in [-0.25, -0.2) is 9.59 Å². The van der Waals surface area contributed by atoms with E-state index in [1.807, 2.05) is 13.8 Å². The second-order valence-electron chi connectivity index (χ2n) is 5.45. The standard InChI is InChI=1S/C18H22ClNO5/c1-4-12(2)17(18(23)24-3)20-15(21)11-25-16(22)10-7-13-5-8-14(19)9-6-13/h5-10,12,17H,4,11H2,1-3H3,(H,20,21)/b10-7+/t12-,17+/m1/s1. The third-order valence-corrected chi connectivity index (χ3v) is 3.86. The minimum absolute atomic E-state index is 0.100. The van der Waals surface area contributed by atoms with Crippen LogP contribution in [0.4, 0.5) is 0 Å². The van der Waals surface area contributed by atoms with Gasteiger partial charge in [0.05, 0.1) is 7.11 Å². The van der Waals surface area contributed by atoms with Crippen molar-refractivity contribution in [1.29, 1.82) is 0 Å². The molecule has 1 aromatic rings. The largest absolute Gasteiger partial charge is 0.467 e. The summed E-state index contributed by atoms with van der Waals surface area (Å²) in [6, 6.07) is 6.10. The molecule has 1 N–H and O–H groups in total. The van der Waals surface area contributed by atoms with Crippen molar-refractivity contribution in [2.45, 2.75) is 26.3 Å². The van der Waals surface area contributed by atoms with Gasteiger partial charge in [0.1, 0.15) is 6.04 Å². The van der Waals surface area contributed by atoms with Gasteiger partial charge >= 0.3 is 11.9 Å². The summed E-state index contributed by atoms with van der Waals surface area (Å²) in [6.45, 7) is 3.24. The number of methoxy groups -OCH3 is 1. The second kappa shape index (κ2) is 10.5. The van der Waals surface area contributed by atoms with Crippen LogP contribution in [0.25, 0.3) is 6.08 Å². The number of carbonyl (C=O) groups is 3. The van der Waals surface area contributed by atoms with Crippen molar-refractivity contribution in [2.24, 2.45) is 5.92 Å². The number of rotatable bonds is 8. The van der Waals surface area contributed by atoms with Crippen molar-refractivity contribution in [3.63, 3.8) is 0 Å². The zero-order chi connectivity index (χ0) is 18.8. The fourth-order valence-corrected chi connectivity index (χ4v) is 2.06. The van der Waals surface area contributed by atoms with Crippen LogP contribution in [-0.2, 0) is 23.9 Å². The maximum atomic E-state index is 11.9. The summed E-state index contributed by atoms with van der Waals surface area (Å²) < 4.78 is 9.54. The van der Waals surface area contributed by atoms with Crippen LogP contribution in [0, 0.1) is 5.92 Å². The maximum Gasteiger partial charge on any atom is 0.331 e. The molecule has 0 aromatic heterocycles. The van der Waals surface area contributed by atoms with E-state index in [1.165, 1.54) is 13.2 Å². The van der Waals surface area contributed by atoms with E-state index >= 15 is 0 Å². The maximum absolute atomic E-state index is 11.9. The van der Waals surface area contributed by atoms with E-state index in [9.17, 15) is 14.4 Å². The second-order valence-corrected chi connectivity index (χ2v) is 5.88. The summed E-state index contributed by atoms with van der Waals surface area (Å²) >= 11 is 5.77. The topological polar surface area (TPSA) is 81.7 Å². The number of amides is 1. The van der Waals surface area contributed by atoms with Gasteiger partial charge in [0.25, 0.3) is 5.91 Å². The number of esters is 2. The normalized spacial score (nSPS) is 13.1. The lowest BCUT2D eigenvalue weighted by atomic mass is 9.99. The molecule has 25 heavy (non-hydrogen) atoms. The molecule has 0 radical (unpaired) electrons.